The van der Waals surface area contributed by atoms with Crippen LogP contribution in [0.15, 0.2) is 23.5 Å². The normalized spacial score (nSPS) is 29.2. The van der Waals surface area contributed by atoms with Crippen molar-refractivity contribution in [3.8, 4) is 0 Å². The fourth-order valence-corrected chi connectivity index (χ4v) is 1.94. The molecule has 0 aromatic heterocycles. The molecule has 0 saturated heterocycles. The van der Waals surface area contributed by atoms with Crippen LogP contribution >= 0.6 is 0 Å². The minimum Gasteiger partial charge on any atom is -0.508 e. The summed E-state index contributed by atoms with van der Waals surface area (Å²) in [4.78, 5) is 0. The van der Waals surface area contributed by atoms with Crippen LogP contribution in [0.2, 0.25) is 0 Å². The molecule has 1 heteroatoms. The summed E-state index contributed by atoms with van der Waals surface area (Å²) in [5.74, 6) is 1.97. The van der Waals surface area contributed by atoms with Gasteiger partial charge in [-0.2, -0.15) is 0 Å². The van der Waals surface area contributed by atoms with E-state index in [1.165, 1.54) is 24.8 Å². The second-order valence-corrected chi connectivity index (χ2v) is 3.57. The summed E-state index contributed by atoms with van der Waals surface area (Å²) < 4.78 is 0. The molecule has 2 aliphatic carbocycles. The molecule has 0 aliphatic heterocycles. The van der Waals surface area contributed by atoms with Crippen LogP contribution in [-0.4, -0.2) is 5.11 Å². The zero-order chi connectivity index (χ0) is 9.84. The average Bonchev–Trinajstić information content (AvgIpc) is 2.87. The van der Waals surface area contributed by atoms with Gasteiger partial charge in [-0.15, -0.1) is 0 Å². The molecule has 2 atom stereocenters. The van der Waals surface area contributed by atoms with Crippen LogP contribution in [-0.2, 0) is 0 Å². The molecule has 2 unspecified atom stereocenters. The first kappa shape index (κ1) is 10.4. The number of fused-ring (bicyclic) bond motifs is 1. The quantitative estimate of drug-likeness (QED) is 0.684. The molecule has 13 heavy (non-hydrogen) atoms. The minimum atomic E-state index is 0.493. The molecule has 2 aliphatic rings. The Morgan fingerprint density at radius 3 is 2.77 bits per heavy atom. The third-order valence-corrected chi connectivity index (χ3v) is 2.57. The fourth-order valence-electron chi connectivity index (χ4n) is 1.94. The molecule has 0 aromatic rings. The Morgan fingerprint density at radius 2 is 2.15 bits per heavy atom. The molecular weight excluding hydrogens is 160 g/mol. The van der Waals surface area contributed by atoms with Crippen molar-refractivity contribution in [3.05, 3.63) is 23.5 Å². The monoisotopic (exact) mass is 180 g/mol. The summed E-state index contributed by atoms with van der Waals surface area (Å²) in [6.45, 7) is 6.19. The van der Waals surface area contributed by atoms with E-state index in [0.29, 0.717) is 11.7 Å². The van der Waals surface area contributed by atoms with E-state index >= 15 is 0 Å². The number of aliphatic hydroxyl groups excluding tert-OH is 1. The van der Waals surface area contributed by atoms with Crippen LogP contribution in [0, 0.1) is 11.8 Å². The second-order valence-electron chi connectivity index (χ2n) is 3.57. The first-order chi connectivity index (χ1) is 6.31. The van der Waals surface area contributed by atoms with Crippen LogP contribution in [0.1, 0.15) is 40.0 Å². The maximum absolute atomic E-state index is 9.29. The van der Waals surface area contributed by atoms with Crippen molar-refractivity contribution < 1.29 is 5.11 Å². The fraction of sp³-hybridized carbons (Fsp3) is 0.667. The van der Waals surface area contributed by atoms with E-state index in [1.54, 1.807) is 0 Å². The third kappa shape index (κ3) is 2.36. The number of hydrogen-bond donors (Lipinski definition) is 1. The van der Waals surface area contributed by atoms with Crippen LogP contribution in [0.4, 0.5) is 0 Å². The Morgan fingerprint density at radius 1 is 1.46 bits per heavy atom. The van der Waals surface area contributed by atoms with Crippen molar-refractivity contribution in [1.29, 1.82) is 0 Å². The van der Waals surface area contributed by atoms with Crippen molar-refractivity contribution in [2.45, 2.75) is 40.0 Å². The zero-order valence-corrected chi connectivity index (χ0v) is 8.88. The van der Waals surface area contributed by atoms with Gasteiger partial charge in [0.1, 0.15) is 5.76 Å². The summed E-state index contributed by atoms with van der Waals surface area (Å²) in [6, 6.07) is 0. The zero-order valence-electron chi connectivity index (χ0n) is 8.88. The van der Waals surface area contributed by atoms with E-state index in [0.717, 1.165) is 5.92 Å². The summed E-state index contributed by atoms with van der Waals surface area (Å²) in [5.41, 5.74) is 1.47. The predicted molar refractivity (Wildman–Crippen MR) is 56.6 cm³/mol. The molecule has 74 valence electrons. The summed E-state index contributed by atoms with van der Waals surface area (Å²) >= 11 is 0. The van der Waals surface area contributed by atoms with Crippen molar-refractivity contribution in [2.24, 2.45) is 11.8 Å². The number of allylic oxidation sites excluding steroid dienone is 3. The topological polar surface area (TPSA) is 20.2 Å². The summed E-state index contributed by atoms with van der Waals surface area (Å²) in [5, 5.41) is 9.29. The lowest BCUT2D eigenvalue weighted by Crippen LogP contribution is -1.95. The van der Waals surface area contributed by atoms with Crippen molar-refractivity contribution in [2.75, 3.05) is 0 Å². The standard InChI is InChI=1S/C10H14O.C2H6/c1-2-3-7-4-9(11)5-8-6-10(7)8;1-2/h4-5,8,10-11H,2-3,6H2,1H3;1-2H3. The minimum absolute atomic E-state index is 0.493. The molecule has 0 amide bonds. The van der Waals surface area contributed by atoms with Gasteiger partial charge < -0.3 is 5.11 Å². The van der Waals surface area contributed by atoms with Gasteiger partial charge in [0.25, 0.3) is 0 Å². The molecule has 0 aromatic carbocycles. The highest BCUT2D eigenvalue weighted by molar-refractivity contribution is 5.33. The van der Waals surface area contributed by atoms with Gasteiger partial charge in [0, 0.05) is 0 Å². The van der Waals surface area contributed by atoms with E-state index in [1.807, 2.05) is 26.0 Å². The van der Waals surface area contributed by atoms with Gasteiger partial charge in [0.2, 0.25) is 0 Å². The van der Waals surface area contributed by atoms with Crippen LogP contribution in [0.25, 0.3) is 0 Å². The third-order valence-electron chi connectivity index (χ3n) is 2.57. The molecule has 1 nitrogen and oxygen atoms in total. The van der Waals surface area contributed by atoms with E-state index in [4.69, 9.17) is 0 Å². The Kier molecular flexibility index (Phi) is 3.58. The van der Waals surface area contributed by atoms with Gasteiger partial charge in [-0.3, -0.25) is 0 Å². The molecule has 0 spiro atoms. The van der Waals surface area contributed by atoms with Gasteiger partial charge in [-0.25, -0.2) is 0 Å². The van der Waals surface area contributed by atoms with Crippen LogP contribution < -0.4 is 0 Å². The van der Waals surface area contributed by atoms with Gasteiger partial charge in [0.05, 0.1) is 0 Å². The van der Waals surface area contributed by atoms with E-state index < -0.39 is 0 Å². The lowest BCUT2D eigenvalue weighted by molar-refractivity contribution is 0.423. The first-order valence-electron chi connectivity index (χ1n) is 5.42. The van der Waals surface area contributed by atoms with Crippen LogP contribution in [0.5, 0.6) is 0 Å². The molecule has 0 bridgehead atoms. The van der Waals surface area contributed by atoms with Crippen molar-refractivity contribution >= 4 is 0 Å². The lowest BCUT2D eigenvalue weighted by Gasteiger charge is -2.08. The van der Waals surface area contributed by atoms with E-state index in [9.17, 15) is 5.11 Å². The SMILES string of the molecule is CC.CCCC1=CC(O)=CC2CC12. The van der Waals surface area contributed by atoms with Crippen LogP contribution in [0.3, 0.4) is 0 Å². The maximum atomic E-state index is 9.29. The largest absolute Gasteiger partial charge is 0.508 e. The lowest BCUT2D eigenvalue weighted by atomic mass is 10.00. The smallest absolute Gasteiger partial charge is 0.111 e. The van der Waals surface area contributed by atoms with E-state index in [2.05, 4.69) is 6.92 Å². The first-order valence-corrected chi connectivity index (χ1v) is 5.42. The maximum Gasteiger partial charge on any atom is 0.111 e. The van der Waals surface area contributed by atoms with Gasteiger partial charge in [0.15, 0.2) is 0 Å². The summed E-state index contributed by atoms with van der Waals surface area (Å²) in [7, 11) is 0. The van der Waals surface area contributed by atoms with Gasteiger partial charge in [-0.05, 0) is 36.8 Å². The number of rotatable bonds is 2. The number of hydrogen-bond acceptors (Lipinski definition) is 1. The highest BCUT2D eigenvalue weighted by atomic mass is 16.3. The predicted octanol–water partition coefficient (Wildman–Crippen LogP) is 3.83. The van der Waals surface area contributed by atoms with Gasteiger partial charge in [-0.1, -0.05) is 32.8 Å². The number of aliphatic hydroxyl groups is 1. The molecular formula is C12H20O. The second kappa shape index (κ2) is 4.50. The highest BCUT2D eigenvalue weighted by Gasteiger charge is 2.40. The Labute approximate surface area is 81.2 Å². The molecule has 1 saturated carbocycles. The van der Waals surface area contributed by atoms with Gasteiger partial charge >= 0.3 is 0 Å². The molecule has 0 radical (unpaired) electrons. The molecule has 1 N–H and O–H groups in total. The molecule has 2 rings (SSSR count). The Bertz CT molecular complexity index is 225. The Balaban J connectivity index is 0.000000396. The average molecular weight is 180 g/mol. The molecule has 1 fully saturated rings. The van der Waals surface area contributed by atoms with E-state index in [-0.39, 0.29) is 0 Å². The van der Waals surface area contributed by atoms with Crippen molar-refractivity contribution in [1.82, 2.24) is 0 Å². The Hall–Kier alpha value is -0.720. The molecule has 0 heterocycles. The summed E-state index contributed by atoms with van der Waals surface area (Å²) in [6.07, 6.45) is 7.58. The highest BCUT2D eigenvalue weighted by Crippen LogP contribution is 2.49. The van der Waals surface area contributed by atoms with Crippen molar-refractivity contribution in [3.63, 3.8) is 0 Å².